The van der Waals surface area contributed by atoms with Crippen molar-refractivity contribution in [2.45, 2.75) is 18.6 Å². The molecule has 3 rings (SSSR count). The fourth-order valence-corrected chi connectivity index (χ4v) is 3.37. The Balaban J connectivity index is 1.32. The number of hydrogen-bond donors (Lipinski definition) is 0. The normalized spacial score (nSPS) is 10.8. The molecule has 1 heterocycles. The van der Waals surface area contributed by atoms with E-state index < -0.39 is 0 Å². The number of hydrogen-bond acceptors (Lipinski definition) is 4. The van der Waals surface area contributed by atoms with Crippen LogP contribution in [0.2, 0.25) is 0 Å². The number of unbranched alkanes of at least 4 members (excludes halogenated alkanes) is 1. The summed E-state index contributed by atoms with van der Waals surface area (Å²) in [5.74, 6) is 4.04. The molecule has 0 radical (unpaired) electrons. The lowest BCUT2D eigenvalue weighted by Crippen LogP contribution is -1.98. The van der Waals surface area contributed by atoms with E-state index in [1.165, 1.54) is 10.8 Å². The lowest BCUT2D eigenvalue weighted by molar-refractivity contribution is 0.109. The predicted octanol–water partition coefficient (Wildman–Crippen LogP) is 5.34. The SMILES string of the molecule is O=Cc1ccc(CSCCCCOc2ccc3ccccc3c2)o1. The Morgan fingerprint density at radius 2 is 1.88 bits per heavy atom. The van der Waals surface area contributed by atoms with Crippen molar-refractivity contribution in [1.82, 2.24) is 0 Å². The molecule has 0 saturated carbocycles. The lowest BCUT2D eigenvalue weighted by atomic mass is 10.1. The van der Waals surface area contributed by atoms with Gasteiger partial charge in [0.05, 0.1) is 12.4 Å². The first-order valence-corrected chi connectivity index (χ1v) is 9.24. The molecule has 2 aromatic carbocycles. The topological polar surface area (TPSA) is 39.4 Å². The Bertz CT molecular complexity index is 794. The van der Waals surface area contributed by atoms with E-state index >= 15 is 0 Å². The van der Waals surface area contributed by atoms with Crippen LogP contribution in [0, 0.1) is 0 Å². The molecule has 4 heteroatoms. The maximum absolute atomic E-state index is 10.5. The highest BCUT2D eigenvalue weighted by Gasteiger charge is 2.01. The van der Waals surface area contributed by atoms with E-state index in [4.69, 9.17) is 9.15 Å². The summed E-state index contributed by atoms with van der Waals surface area (Å²) >= 11 is 1.81. The molecule has 0 amide bonds. The fourth-order valence-electron chi connectivity index (χ4n) is 2.46. The highest BCUT2D eigenvalue weighted by molar-refractivity contribution is 7.98. The van der Waals surface area contributed by atoms with Crippen molar-refractivity contribution < 1.29 is 13.9 Å². The maximum Gasteiger partial charge on any atom is 0.185 e. The molecular weight excluding hydrogens is 320 g/mol. The minimum atomic E-state index is 0.398. The second-order valence-electron chi connectivity index (χ2n) is 5.54. The molecule has 3 aromatic rings. The molecule has 0 saturated heterocycles. The summed E-state index contributed by atoms with van der Waals surface area (Å²) in [5.41, 5.74) is 0. The average Bonchev–Trinajstić information content (AvgIpc) is 3.09. The van der Waals surface area contributed by atoms with E-state index in [2.05, 4.69) is 24.3 Å². The quantitative estimate of drug-likeness (QED) is 0.389. The van der Waals surface area contributed by atoms with Gasteiger partial charge in [-0.15, -0.1) is 0 Å². The van der Waals surface area contributed by atoms with E-state index in [9.17, 15) is 4.79 Å². The summed E-state index contributed by atoms with van der Waals surface area (Å²) in [5, 5.41) is 2.44. The number of ether oxygens (including phenoxy) is 1. The van der Waals surface area contributed by atoms with E-state index in [1.54, 1.807) is 6.07 Å². The molecule has 0 aliphatic rings. The van der Waals surface area contributed by atoms with Crippen LogP contribution < -0.4 is 4.74 Å². The van der Waals surface area contributed by atoms with Gasteiger partial charge in [0.2, 0.25) is 0 Å². The molecule has 0 N–H and O–H groups in total. The van der Waals surface area contributed by atoms with Crippen LogP contribution in [0.1, 0.15) is 29.2 Å². The second kappa shape index (κ2) is 8.60. The van der Waals surface area contributed by atoms with Gasteiger partial charge in [0, 0.05) is 0 Å². The summed E-state index contributed by atoms with van der Waals surface area (Å²) in [7, 11) is 0. The number of rotatable bonds is 9. The van der Waals surface area contributed by atoms with Gasteiger partial charge < -0.3 is 9.15 Å². The van der Waals surface area contributed by atoms with E-state index in [-0.39, 0.29) is 0 Å². The number of benzene rings is 2. The first kappa shape index (κ1) is 16.7. The van der Waals surface area contributed by atoms with Crippen molar-refractivity contribution >= 4 is 28.8 Å². The lowest BCUT2D eigenvalue weighted by Gasteiger charge is -2.07. The van der Waals surface area contributed by atoms with E-state index in [0.717, 1.165) is 48.8 Å². The zero-order valence-corrected chi connectivity index (χ0v) is 14.3. The maximum atomic E-state index is 10.5. The average molecular weight is 340 g/mol. The van der Waals surface area contributed by atoms with Crippen LogP contribution in [-0.2, 0) is 5.75 Å². The van der Waals surface area contributed by atoms with Gasteiger partial charge in [0.25, 0.3) is 0 Å². The minimum Gasteiger partial charge on any atom is -0.494 e. The summed E-state index contributed by atoms with van der Waals surface area (Å²) in [6.45, 7) is 0.731. The van der Waals surface area contributed by atoms with Crippen LogP contribution in [0.15, 0.2) is 59.0 Å². The van der Waals surface area contributed by atoms with Crippen molar-refractivity contribution in [3.63, 3.8) is 0 Å². The number of furan rings is 1. The number of fused-ring (bicyclic) bond motifs is 1. The summed E-state index contributed by atoms with van der Waals surface area (Å²) in [4.78, 5) is 10.5. The van der Waals surface area contributed by atoms with Gasteiger partial charge in [-0.3, -0.25) is 4.79 Å². The summed E-state index contributed by atoms with van der Waals surface area (Å²) in [6.07, 6.45) is 2.86. The first-order chi connectivity index (χ1) is 11.8. The number of carbonyl (C=O) groups excluding carboxylic acids is 1. The molecule has 0 spiro atoms. The Labute approximate surface area is 146 Å². The molecule has 1 aromatic heterocycles. The molecule has 0 aliphatic carbocycles. The zero-order valence-electron chi connectivity index (χ0n) is 13.4. The fraction of sp³-hybridized carbons (Fsp3) is 0.250. The van der Waals surface area contributed by atoms with Crippen molar-refractivity contribution in [1.29, 1.82) is 0 Å². The van der Waals surface area contributed by atoms with E-state index in [1.807, 2.05) is 36.0 Å². The first-order valence-electron chi connectivity index (χ1n) is 8.08. The zero-order chi connectivity index (χ0) is 16.6. The number of thioether (sulfide) groups is 1. The van der Waals surface area contributed by atoms with Crippen LogP contribution in [0.25, 0.3) is 10.8 Å². The Morgan fingerprint density at radius 3 is 2.71 bits per heavy atom. The molecular formula is C20H20O3S. The largest absolute Gasteiger partial charge is 0.494 e. The van der Waals surface area contributed by atoms with Gasteiger partial charge in [-0.2, -0.15) is 11.8 Å². The smallest absolute Gasteiger partial charge is 0.185 e. The Hall–Kier alpha value is -2.20. The van der Waals surface area contributed by atoms with Crippen LogP contribution in [-0.4, -0.2) is 18.6 Å². The van der Waals surface area contributed by atoms with Gasteiger partial charge in [-0.25, -0.2) is 0 Å². The van der Waals surface area contributed by atoms with Gasteiger partial charge in [0.15, 0.2) is 12.0 Å². The Morgan fingerprint density at radius 1 is 1.00 bits per heavy atom. The number of aldehydes is 1. The molecule has 124 valence electrons. The summed E-state index contributed by atoms with van der Waals surface area (Å²) < 4.78 is 11.2. The van der Waals surface area contributed by atoms with Crippen molar-refractivity contribution in [2.75, 3.05) is 12.4 Å². The molecule has 24 heavy (non-hydrogen) atoms. The molecule has 3 nitrogen and oxygen atoms in total. The Kier molecular flexibility index (Phi) is 5.96. The van der Waals surface area contributed by atoms with Crippen LogP contribution >= 0.6 is 11.8 Å². The van der Waals surface area contributed by atoms with Gasteiger partial charge in [-0.05, 0) is 53.6 Å². The second-order valence-corrected chi connectivity index (χ2v) is 6.64. The van der Waals surface area contributed by atoms with Crippen molar-refractivity contribution in [3.05, 3.63) is 66.1 Å². The van der Waals surface area contributed by atoms with Crippen LogP contribution in [0.3, 0.4) is 0 Å². The third-order valence-electron chi connectivity index (χ3n) is 3.72. The monoisotopic (exact) mass is 340 g/mol. The highest BCUT2D eigenvalue weighted by atomic mass is 32.2. The molecule has 0 bridgehead atoms. The molecule has 0 fully saturated rings. The predicted molar refractivity (Wildman–Crippen MR) is 98.9 cm³/mol. The van der Waals surface area contributed by atoms with Crippen molar-refractivity contribution in [2.24, 2.45) is 0 Å². The standard InChI is InChI=1S/C20H20O3S/c21-14-19-9-10-20(23-19)15-24-12-4-3-11-22-18-8-7-16-5-1-2-6-17(16)13-18/h1-2,5-10,13-14H,3-4,11-12,15H2. The van der Waals surface area contributed by atoms with E-state index in [0.29, 0.717) is 5.76 Å². The highest BCUT2D eigenvalue weighted by Crippen LogP contribution is 2.21. The third-order valence-corrected chi connectivity index (χ3v) is 4.78. The summed E-state index contributed by atoms with van der Waals surface area (Å²) in [6, 6.07) is 18.1. The van der Waals surface area contributed by atoms with Crippen molar-refractivity contribution in [3.8, 4) is 5.75 Å². The van der Waals surface area contributed by atoms with Gasteiger partial charge in [0.1, 0.15) is 11.5 Å². The van der Waals surface area contributed by atoms with Gasteiger partial charge >= 0.3 is 0 Å². The molecule has 0 unspecified atom stereocenters. The number of carbonyl (C=O) groups is 1. The third kappa shape index (κ3) is 4.65. The van der Waals surface area contributed by atoms with Gasteiger partial charge in [-0.1, -0.05) is 30.3 Å². The molecule has 0 aliphatic heterocycles. The van der Waals surface area contributed by atoms with Crippen LogP contribution in [0.4, 0.5) is 0 Å². The molecule has 0 atom stereocenters. The van der Waals surface area contributed by atoms with Crippen LogP contribution in [0.5, 0.6) is 5.75 Å². The minimum absolute atomic E-state index is 0.398.